The Morgan fingerprint density at radius 1 is 1.20 bits per heavy atom. The van der Waals surface area contributed by atoms with Gasteiger partial charge in [-0.2, -0.15) is 0 Å². The van der Waals surface area contributed by atoms with Crippen molar-refractivity contribution in [3.63, 3.8) is 0 Å². The van der Waals surface area contributed by atoms with Crippen molar-refractivity contribution in [1.82, 2.24) is 20.3 Å². The van der Waals surface area contributed by atoms with Crippen LogP contribution in [0.15, 0.2) is 35.5 Å². The second-order valence-corrected chi connectivity index (χ2v) is 6.78. The van der Waals surface area contributed by atoms with E-state index in [1.54, 1.807) is 6.33 Å². The van der Waals surface area contributed by atoms with E-state index in [1.165, 1.54) is 31.2 Å². The first kappa shape index (κ1) is 15.8. The SMILES string of the molecule is O=C(NC1CC(c2cc(N3CCCC3)ncn2)C1)c1ccc(=O)[nH]c1. The summed E-state index contributed by atoms with van der Waals surface area (Å²) in [5.41, 5.74) is 1.32. The van der Waals surface area contributed by atoms with Crippen molar-refractivity contribution >= 4 is 11.7 Å². The van der Waals surface area contributed by atoms with E-state index in [0.29, 0.717) is 11.5 Å². The molecule has 0 unspecified atom stereocenters. The number of hydrogen-bond acceptors (Lipinski definition) is 5. The second-order valence-electron chi connectivity index (χ2n) is 6.78. The molecule has 3 heterocycles. The maximum Gasteiger partial charge on any atom is 0.252 e. The Morgan fingerprint density at radius 2 is 2.00 bits per heavy atom. The minimum atomic E-state index is -0.210. The summed E-state index contributed by atoms with van der Waals surface area (Å²) in [6.45, 7) is 2.14. The number of carbonyl (C=O) groups excluding carboxylic acids is 1. The van der Waals surface area contributed by atoms with Crippen LogP contribution in [0.1, 0.15) is 47.7 Å². The highest BCUT2D eigenvalue weighted by Crippen LogP contribution is 2.36. The van der Waals surface area contributed by atoms with E-state index < -0.39 is 0 Å². The summed E-state index contributed by atoms with van der Waals surface area (Å²) < 4.78 is 0. The molecular formula is C18H21N5O2. The van der Waals surface area contributed by atoms with E-state index >= 15 is 0 Å². The van der Waals surface area contributed by atoms with Crippen LogP contribution in [0.25, 0.3) is 0 Å². The third kappa shape index (κ3) is 3.40. The van der Waals surface area contributed by atoms with Crippen LogP contribution < -0.4 is 15.8 Å². The zero-order valence-corrected chi connectivity index (χ0v) is 13.9. The molecule has 7 heteroatoms. The maximum absolute atomic E-state index is 12.2. The fraction of sp³-hybridized carbons (Fsp3) is 0.444. The van der Waals surface area contributed by atoms with E-state index in [-0.39, 0.29) is 17.5 Å². The lowest BCUT2D eigenvalue weighted by atomic mass is 9.78. The van der Waals surface area contributed by atoms with Crippen LogP contribution in [0.3, 0.4) is 0 Å². The van der Waals surface area contributed by atoms with Crippen molar-refractivity contribution in [2.75, 3.05) is 18.0 Å². The lowest BCUT2D eigenvalue weighted by Crippen LogP contribution is -2.43. The predicted octanol–water partition coefficient (Wildman–Crippen LogP) is 1.44. The van der Waals surface area contributed by atoms with Gasteiger partial charge in [0.15, 0.2) is 0 Å². The van der Waals surface area contributed by atoms with Gasteiger partial charge in [0.05, 0.1) is 5.56 Å². The smallest absolute Gasteiger partial charge is 0.252 e. The molecule has 1 saturated carbocycles. The van der Waals surface area contributed by atoms with Crippen LogP contribution in [-0.2, 0) is 0 Å². The van der Waals surface area contributed by atoms with Crippen molar-refractivity contribution in [3.8, 4) is 0 Å². The Morgan fingerprint density at radius 3 is 2.72 bits per heavy atom. The molecule has 7 nitrogen and oxygen atoms in total. The summed E-state index contributed by atoms with van der Waals surface area (Å²) in [5, 5.41) is 3.01. The number of anilines is 1. The van der Waals surface area contributed by atoms with Crippen molar-refractivity contribution in [2.24, 2.45) is 0 Å². The number of aromatic amines is 1. The standard InChI is InChI=1S/C18H21N5O2/c24-17-4-3-12(10-19-17)18(25)22-14-7-13(8-14)15-9-16(21-11-20-15)23-5-1-2-6-23/h3-4,9-11,13-14H,1-2,5-8H2,(H,19,24)(H,22,25). The van der Waals surface area contributed by atoms with E-state index in [0.717, 1.165) is 37.4 Å². The molecular weight excluding hydrogens is 318 g/mol. The summed E-state index contributed by atoms with van der Waals surface area (Å²) in [4.78, 5) is 36.9. The van der Waals surface area contributed by atoms with Gasteiger partial charge in [-0.25, -0.2) is 9.97 Å². The van der Waals surface area contributed by atoms with Gasteiger partial charge in [-0.1, -0.05) is 0 Å². The molecule has 0 bridgehead atoms. The molecule has 1 aliphatic carbocycles. The van der Waals surface area contributed by atoms with Gasteiger partial charge in [0.1, 0.15) is 12.1 Å². The molecule has 1 amide bonds. The monoisotopic (exact) mass is 339 g/mol. The topological polar surface area (TPSA) is 91.0 Å². The second kappa shape index (κ2) is 6.66. The molecule has 25 heavy (non-hydrogen) atoms. The summed E-state index contributed by atoms with van der Waals surface area (Å²) in [7, 11) is 0. The van der Waals surface area contributed by atoms with E-state index in [9.17, 15) is 9.59 Å². The van der Waals surface area contributed by atoms with Crippen LogP contribution in [-0.4, -0.2) is 40.0 Å². The molecule has 2 aromatic rings. The van der Waals surface area contributed by atoms with Gasteiger partial charge >= 0.3 is 0 Å². The minimum absolute atomic E-state index is 0.148. The highest BCUT2D eigenvalue weighted by Gasteiger charge is 2.33. The number of carbonyl (C=O) groups is 1. The number of H-pyrrole nitrogens is 1. The lowest BCUT2D eigenvalue weighted by molar-refractivity contribution is 0.0908. The fourth-order valence-electron chi connectivity index (χ4n) is 3.50. The van der Waals surface area contributed by atoms with E-state index in [1.807, 2.05) is 0 Å². The first-order valence-electron chi connectivity index (χ1n) is 8.75. The Kier molecular flexibility index (Phi) is 4.21. The molecule has 1 aliphatic heterocycles. The van der Waals surface area contributed by atoms with Crippen LogP contribution in [0.4, 0.5) is 5.82 Å². The molecule has 1 saturated heterocycles. The molecule has 0 spiro atoms. The van der Waals surface area contributed by atoms with E-state index in [4.69, 9.17) is 0 Å². The average molecular weight is 339 g/mol. The van der Waals surface area contributed by atoms with Crippen LogP contribution in [0.2, 0.25) is 0 Å². The van der Waals surface area contributed by atoms with Gasteiger partial charge in [0.25, 0.3) is 5.91 Å². The van der Waals surface area contributed by atoms with Crippen molar-refractivity contribution < 1.29 is 4.79 Å². The summed E-state index contributed by atoms with van der Waals surface area (Å²) >= 11 is 0. The Hall–Kier alpha value is -2.70. The minimum Gasteiger partial charge on any atom is -0.357 e. The summed E-state index contributed by atoms with van der Waals surface area (Å²) in [6.07, 6.45) is 7.30. The van der Waals surface area contributed by atoms with Gasteiger partial charge in [-0.15, -0.1) is 0 Å². The molecule has 2 aromatic heterocycles. The zero-order chi connectivity index (χ0) is 17.2. The average Bonchev–Trinajstić information content (AvgIpc) is 3.13. The molecule has 2 fully saturated rings. The molecule has 2 aliphatic rings. The number of pyridine rings is 1. The van der Waals surface area contributed by atoms with Gasteiger partial charge in [-0.3, -0.25) is 9.59 Å². The Bertz CT molecular complexity index is 802. The number of rotatable bonds is 4. The van der Waals surface area contributed by atoms with Crippen LogP contribution in [0.5, 0.6) is 0 Å². The molecule has 130 valence electrons. The Labute approximate surface area is 145 Å². The van der Waals surface area contributed by atoms with Gasteiger partial charge in [-0.05, 0) is 31.7 Å². The van der Waals surface area contributed by atoms with Gasteiger partial charge in [0.2, 0.25) is 5.56 Å². The van der Waals surface area contributed by atoms with Gasteiger partial charge in [0, 0.05) is 49.1 Å². The fourth-order valence-corrected chi connectivity index (χ4v) is 3.50. The first-order valence-corrected chi connectivity index (χ1v) is 8.75. The third-order valence-electron chi connectivity index (χ3n) is 5.04. The molecule has 4 rings (SSSR count). The molecule has 0 atom stereocenters. The van der Waals surface area contributed by atoms with Gasteiger partial charge < -0.3 is 15.2 Å². The normalized spacial score (nSPS) is 22.5. The summed E-state index contributed by atoms with van der Waals surface area (Å²) in [5.74, 6) is 1.23. The predicted molar refractivity (Wildman–Crippen MR) is 93.8 cm³/mol. The summed E-state index contributed by atoms with van der Waals surface area (Å²) in [6, 6.07) is 5.14. The quantitative estimate of drug-likeness (QED) is 0.879. The largest absolute Gasteiger partial charge is 0.357 e. The van der Waals surface area contributed by atoms with E-state index in [2.05, 4.69) is 31.2 Å². The van der Waals surface area contributed by atoms with Crippen molar-refractivity contribution in [1.29, 1.82) is 0 Å². The molecule has 2 N–H and O–H groups in total. The van der Waals surface area contributed by atoms with Crippen molar-refractivity contribution in [2.45, 2.75) is 37.6 Å². The highest BCUT2D eigenvalue weighted by molar-refractivity contribution is 5.94. The van der Waals surface area contributed by atoms with Crippen molar-refractivity contribution in [3.05, 3.63) is 52.3 Å². The first-order chi connectivity index (χ1) is 12.2. The lowest BCUT2D eigenvalue weighted by Gasteiger charge is -2.35. The number of amides is 1. The van der Waals surface area contributed by atoms with Crippen LogP contribution in [0, 0.1) is 0 Å². The Balaban J connectivity index is 1.34. The number of nitrogens with zero attached hydrogens (tertiary/aromatic N) is 3. The zero-order valence-electron chi connectivity index (χ0n) is 13.9. The highest BCUT2D eigenvalue weighted by atomic mass is 16.2. The third-order valence-corrected chi connectivity index (χ3v) is 5.04. The molecule has 0 aromatic carbocycles. The van der Waals surface area contributed by atoms with Crippen LogP contribution >= 0.6 is 0 Å². The molecule has 0 radical (unpaired) electrons. The number of hydrogen-bond donors (Lipinski definition) is 2. The number of nitrogens with one attached hydrogen (secondary N) is 2. The number of aromatic nitrogens is 3. The maximum atomic E-state index is 12.2.